The SMILES string of the molecule is CC/C=C\C/C=C\C/C=C\C/C=C\CCCCC(=O)OC(COC(=O)CCCCCCCC/C=C\C/C=C\C/C=C\CCCCC)COC1OC(C(=O)O)C(O)C(O)C1OC(=O)CCCCCCCCC/C=C\C/C=C\CCCCC. The van der Waals surface area contributed by atoms with E-state index in [1.165, 1.54) is 44.9 Å². The van der Waals surface area contributed by atoms with Gasteiger partial charge >= 0.3 is 23.9 Å². The Bertz CT molecular complexity index is 1820. The number of carboxylic acid groups (broad SMARTS) is 1. The number of aliphatic hydroxyl groups excluding tert-OH is 2. The highest BCUT2D eigenvalue weighted by atomic mass is 16.7. The van der Waals surface area contributed by atoms with Crippen LogP contribution in [0, 0.1) is 0 Å². The van der Waals surface area contributed by atoms with E-state index in [1.54, 1.807) is 0 Å². The summed E-state index contributed by atoms with van der Waals surface area (Å²) in [6, 6.07) is 0. The molecule has 0 bridgehead atoms. The van der Waals surface area contributed by atoms with Crippen molar-refractivity contribution >= 4 is 23.9 Å². The van der Waals surface area contributed by atoms with Gasteiger partial charge in [-0.3, -0.25) is 14.4 Å². The predicted octanol–water partition coefficient (Wildman–Crippen LogP) is 17.0. The summed E-state index contributed by atoms with van der Waals surface area (Å²) in [4.78, 5) is 51.3. The van der Waals surface area contributed by atoms with E-state index in [-0.39, 0.29) is 25.9 Å². The van der Waals surface area contributed by atoms with Gasteiger partial charge in [-0.15, -0.1) is 0 Å². The van der Waals surface area contributed by atoms with Gasteiger partial charge in [0.05, 0.1) is 6.61 Å². The summed E-state index contributed by atoms with van der Waals surface area (Å²) in [7, 11) is 0. The first-order valence-electron chi connectivity index (χ1n) is 31.9. The number of hydrogen-bond acceptors (Lipinski definition) is 11. The summed E-state index contributed by atoms with van der Waals surface area (Å²) in [6.07, 6.45) is 63.3. The van der Waals surface area contributed by atoms with Crippen LogP contribution in [-0.4, -0.2) is 89.2 Å². The summed E-state index contributed by atoms with van der Waals surface area (Å²) in [5.74, 6) is -3.21. The average molecular weight is 1130 g/mol. The van der Waals surface area contributed by atoms with E-state index in [0.29, 0.717) is 19.3 Å². The summed E-state index contributed by atoms with van der Waals surface area (Å²) < 4.78 is 28.4. The molecule has 1 fully saturated rings. The van der Waals surface area contributed by atoms with Crippen LogP contribution in [0.5, 0.6) is 0 Å². The molecular weight excluding hydrogens is 1020 g/mol. The minimum absolute atomic E-state index is 0.0402. The highest BCUT2D eigenvalue weighted by Crippen LogP contribution is 2.26. The van der Waals surface area contributed by atoms with Crippen molar-refractivity contribution < 1.29 is 58.2 Å². The summed E-state index contributed by atoms with van der Waals surface area (Å²) in [6.45, 7) is 5.79. The molecule has 0 aromatic heterocycles. The first-order valence-corrected chi connectivity index (χ1v) is 31.9. The molecule has 6 atom stereocenters. The van der Waals surface area contributed by atoms with Crippen molar-refractivity contribution in [2.24, 2.45) is 0 Å². The van der Waals surface area contributed by atoms with Crippen molar-refractivity contribution in [1.82, 2.24) is 0 Å². The maximum atomic E-state index is 13.2. The maximum Gasteiger partial charge on any atom is 0.335 e. The van der Waals surface area contributed by atoms with Crippen LogP contribution >= 0.6 is 0 Å². The molecule has 1 rings (SSSR count). The standard InChI is InChI=1S/C69H112O12/c1-4-7-10-13-16-19-22-25-28-30-31-33-35-37-40-43-46-49-52-55-61(70)77-58-60(79-62(71)56-53-50-47-44-41-38-34-27-24-21-18-15-12-9-6-3)59-78-69-67(65(74)64(73)66(81-69)68(75)76)80-63(72)57-54-51-48-45-42-39-36-32-29-26-23-20-17-14-11-8-5-2/h9,12,16-21,25-29,31,33-34,41,44,60,64-67,69,73-74H,4-8,10-11,13-15,22-24,30,32,35-40,42-43,45-59H2,1-3H3,(H,75,76)/b12-9-,19-16-,20-17-,21-18-,28-25-,29-26-,33-31-,34-27-,44-41-. The van der Waals surface area contributed by atoms with Gasteiger partial charge in [0.15, 0.2) is 24.6 Å². The molecule has 0 aromatic carbocycles. The molecule has 1 saturated heterocycles. The molecule has 0 radical (unpaired) electrons. The van der Waals surface area contributed by atoms with E-state index in [1.807, 2.05) is 0 Å². The third kappa shape index (κ3) is 45.6. The Morgan fingerprint density at radius 1 is 0.420 bits per heavy atom. The van der Waals surface area contributed by atoms with Crippen molar-refractivity contribution in [3.8, 4) is 0 Å². The molecule has 81 heavy (non-hydrogen) atoms. The van der Waals surface area contributed by atoms with Crippen molar-refractivity contribution in [2.45, 2.75) is 289 Å². The predicted molar refractivity (Wildman–Crippen MR) is 330 cm³/mol. The molecular formula is C69H112O12. The Morgan fingerprint density at radius 2 is 0.778 bits per heavy atom. The molecule has 0 spiro atoms. The highest BCUT2D eigenvalue weighted by Gasteiger charge is 2.50. The lowest BCUT2D eigenvalue weighted by Crippen LogP contribution is -2.61. The zero-order chi connectivity index (χ0) is 58.9. The van der Waals surface area contributed by atoms with E-state index in [9.17, 15) is 34.5 Å². The number of unbranched alkanes of at least 4 members (excludes halogenated alkanes) is 21. The van der Waals surface area contributed by atoms with E-state index >= 15 is 0 Å². The molecule has 0 aromatic rings. The normalized spacial score (nSPS) is 18.5. The number of carbonyl (C=O) groups is 4. The second-order valence-corrected chi connectivity index (χ2v) is 21.3. The fraction of sp³-hybridized carbons (Fsp3) is 0.681. The van der Waals surface area contributed by atoms with Gasteiger partial charge in [-0.25, -0.2) is 4.79 Å². The zero-order valence-electron chi connectivity index (χ0n) is 50.7. The number of allylic oxidation sites excluding steroid dienone is 18. The number of carbonyl (C=O) groups excluding carboxylic acids is 3. The molecule has 1 heterocycles. The third-order valence-electron chi connectivity index (χ3n) is 13.8. The largest absolute Gasteiger partial charge is 0.479 e. The lowest BCUT2D eigenvalue weighted by molar-refractivity contribution is -0.301. The average Bonchev–Trinajstić information content (AvgIpc) is 3.53. The van der Waals surface area contributed by atoms with Crippen molar-refractivity contribution in [3.05, 3.63) is 109 Å². The molecule has 1 aliphatic rings. The number of esters is 3. The fourth-order valence-electron chi connectivity index (χ4n) is 8.92. The second-order valence-electron chi connectivity index (χ2n) is 21.3. The molecule has 6 unspecified atom stereocenters. The van der Waals surface area contributed by atoms with Gasteiger partial charge in [-0.2, -0.15) is 0 Å². The monoisotopic (exact) mass is 1130 g/mol. The molecule has 12 nitrogen and oxygen atoms in total. The fourth-order valence-corrected chi connectivity index (χ4v) is 8.92. The summed E-state index contributed by atoms with van der Waals surface area (Å²) in [5, 5.41) is 31.6. The third-order valence-corrected chi connectivity index (χ3v) is 13.8. The molecule has 0 amide bonds. The first kappa shape index (κ1) is 74.4. The Balaban J connectivity index is 2.70. The number of aliphatic carboxylic acids is 1. The smallest absolute Gasteiger partial charge is 0.335 e. The van der Waals surface area contributed by atoms with Crippen LogP contribution in [0.4, 0.5) is 0 Å². The van der Waals surface area contributed by atoms with Crippen LogP contribution in [0.15, 0.2) is 109 Å². The topological polar surface area (TPSA) is 175 Å². The van der Waals surface area contributed by atoms with Crippen LogP contribution in [0.3, 0.4) is 0 Å². The lowest BCUT2D eigenvalue weighted by atomic mass is 9.98. The van der Waals surface area contributed by atoms with Gasteiger partial charge in [-0.1, -0.05) is 214 Å². The molecule has 1 aliphatic heterocycles. The molecule has 460 valence electrons. The highest BCUT2D eigenvalue weighted by molar-refractivity contribution is 5.74. The molecule has 12 heteroatoms. The lowest BCUT2D eigenvalue weighted by Gasteiger charge is -2.40. The van der Waals surface area contributed by atoms with E-state index in [4.69, 9.17) is 23.7 Å². The summed E-state index contributed by atoms with van der Waals surface area (Å²) in [5.41, 5.74) is 0. The Hall–Kier alpha value is -4.62. The van der Waals surface area contributed by atoms with Gasteiger partial charge in [0.25, 0.3) is 0 Å². The molecule has 0 saturated carbocycles. The number of ether oxygens (including phenoxy) is 5. The number of hydrogen-bond donors (Lipinski definition) is 3. The van der Waals surface area contributed by atoms with Crippen molar-refractivity contribution in [3.63, 3.8) is 0 Å². The van der Waals surface area contributed by atoms with Crippen LogP contribution in [0.2, 0.25) is 0 Å². The number of aliphatic hydroxyl groups is 2. The quantitative estimate of drug-likeness (QED) is 0.0228. The minimum atomic E-state index is -1.92. The number of carboxylic acids is 1. The van der Waals surface area contributed by atoms with E-state index in [0.717, 1.165) is 148 Å². The van der Waals surface area contributed by atoms with Crippen LogP contribution in [0.1, 0.15) is 252 Å². The summed E-state index contributed by atoms with van der Waals surface area (Å²) >= 11 is 0. The van der Waals surface area contributed by atoms with Gasteiger partial charge in [0.2, 0.25) is 0 Å². The molecule has 0 aliphatic carbocycles. The Kier molecular flexibility index (Phi) is 51.3. The van der Waals surface area contributed by atoms with E-state index < -0.39 is 67.3 Å². The van der Waals surface area contributed by atoms with Crippen LogP contribution in [-0.2, 0) is 42.9 Å². The van der Waals surface area contributed by atoms with E-state index in [2.05, 4.69) is 130 Å². The Morgan fingerprint density at radius 3 is 1.21 bits per heavy atom. The first-order chi connectivity index (χ1) is 39.6. The molecule has 3 N–H and O–H groups in total. The maximum absolute atomic E-state index is 13.2. The van der Waals surface area contributed by atoms with Crippen LogP contribution < -0.4 is 0 Å². The van der Waals surface area contributed by atoms with Crippen LogP contribution in [0.25, 0.3) is 0 Å². The zero-order valence-corrected chi connectivity index (χ0v) is 50.7. The van der Waals surface area contributed by atoms with Crippen molar-refractivity contribution in [2.75, 3.05) is 13.2 Å². The second kappa shape index (κ2) is 55.9. The van der Waals surface area contributed by atoms with Gasteiger partial charge in [0, 0.05) is 19.3 Å². The van der Waals surface area contributed by atoms with Gasteiger partial charge < -0.3 is 39.0 Å². The number of rotatable bonds is 53. The Labute approximate surface area is 491 Å². The minimum Gasteiger partial charge on any atom is -0.479 e. The van der Waals surface area contributed by atoms with Gasteiger partial charge in [-0.05, 0) is 128 Å². The van der Waals surface area contributed by atoms with Gasteiger partial charge in [0.1, 0.15) is 18.8 Å². The van der Waals surface area contributed by atoms with Crippen molar-refractivity contribution in [1.29, 1.82) is 0 Å².